The Bertz CT molecular complexity index is 430. The summed E-state index contributed by atoms with van der Waals surface area (Å²) < 4.78 is 26.0. The molecule has 0 aromatic heterocycles. The molecule has 2 fully saturated rings. The Kier molecular flexibility index (Phi) is 3.31. The van der Waals surface area contributed by atoms with Gasteiger partial charge < -0.3 is 10.6 Å². The Balaban J connectivity index is 1.58. The van der Waals surface area contributed by atoms with Crippen LogP contribution in [-0.2, 0) is 0 Å². The average molecular weight is 252 g/mol. The topological polar surface area (TPSA) is 24.1 Å². The van der Waals surface area contributed by atoms with E-state index >= 15 is 0 Å². The van der Waals surface area contributed by atoms with Crippen molar-refractivity contribution < 1.29 is 8.78 Å². The number of hydrogen-bond donors (Lipinski definition) is 2. The Morgan fingerprint density at radius 3 is 2.61 bits per heavy atom. The molecule has 3 rings (SSSR count). The predicted molar refractivity (Wildman–Crippen MR) is 66.5 cm³/mol. The highest BCUT2D eigenvalue weighted by Crippen LogP contribution is 2.41. The van der Waals surface area contributed by atoms with Gasteiger partial charge in [-0.25, -0.2) is 8.78 Å². The lowest BCUT2D eigenvalue weighted by Crippen LogP contribution is -2.41. The van der Waals surface area contributed by atoms with E-state index in [1.54, 1.807) is 6.07 Å². The Morgan fingerprint density at radius 1 is 1.11 bits per heavy atom. The maximum absolute atomic E-state index is 13.1. The van der Waals surface area contributed by atoms with E-state index in [1.807, 2.05) is 0 Å². The molecule has 98 valence electrons. The minimum absolute atomic E-state index is 0.356. The molecule has 0 amide bonds. The van der Waals surface area contributed by atoms with Crippen LogP contribution in [0.5, 0.6) is 0 Å². The lowest BCUT2D eigenvalue weighted by Gasteiger charge is -2.24. The molecule has 1 aromatic carbocycles. The van der Waals surface area contributed by atoms with E-state index in [1.165, 1.54) is 12.1 Å². The summed E-state index contributed by atoms with van der Waals surface area (Å²) in [5.74, 6) is -1.14. The summed E-state index contributed by atoms with van der Waals surface area (Å²) in [7, 11) is 0. The average Bonchev–Trinajstić information content (AvgIpc) is 3.13. The Morgan fingerprint density at radius 2 is 1.89 bits per heavy atom. The van der Waals surface area contributed by atoms with E-state index in [0.717, 1.165) is 37.9 Å². The van der Waals surface area contributed by atoms with E-state index < -0.39 is 11.6 Å². The van der Waals surface area contributed by atoms with Crippen molar-refractivity contribution in [3.8, 4) is 0 Å². The first kappa shape index (κ1) is 12.1. The molecule has 1 heterocycles. The second-order valence-corrected chi connectivity index (χ2v) is 5.31. The third-order valence-electron chi connectivity index (χ3n) is 3.95. The highest BCUT2D eigenvalue weighted by Gasteiger charge is 2.39. The van der Waals surface area contributed by atoms with Crippen LogP contribution in [0.1, 0.15) is 30.7 Å². The minimum atomic E-state index is -0.762. The van der Waals surface area contributed by atoms with Crippen LogP contribution in [0.3, 0.4) is 0 Å². The normalized spacial score (nSPS) is 28.3. The molecule has 0 bridgehead atoms. The fourth-order valence-electron chi connectivity index (χ4n) is 2.78. The van der Waals surface area contributed by atoms with Crippen LogP contribution in [-0.4, -0.2) is 25.2 Å². The van der Waals surface area contributed by atoms with Crippen molar-refractivity contribution in [3.05, 3.63) is 35.4 Å². The van der Waals surface area contributed by atoms with Crippen LogP contribution in [0, 0.1) is 11.6 Å². The van der Waals surface area contributed by atoms with E-state index in [2.05, 4.69) is 10.6 Å². The molecule has 0 spiro atoms. The zero-order valence-corrected chi connectivity index (χ0v) is 10.3. The Labute approximate surface area is 106 Å². The molecular weight excluding hydrogens is 234 g/mol. The first-order chi connectivity index (χ1) is 8.74. The van der Waals surface area contributed by atoms with E-state index in [-0.39, 0.29) is 0 Å². The van der Waals surface area contributed by atoms with Gasteiger partial charge in [-0.05, 0) is 50.0 Å². The molecule has 2 N–H and O–H groups in total. The van der Waals surface area contributed by atoms with Crippen LogP contribution in [0.4, 0.5) is 8.78 Å². The third-order valence-corrected chi connectivity index (χ3v) is 3.95. The summed E-state index contributed by atoms with van der Waals surface area (Å²) in [4.78, 5) is 0. The van der Waals surface area contributed by atoms with Crippen molar-refractivity contribution in [3.63, 3.8) is 0 Å². The molecule has 0 radical (unpaired) electrons. The second-order valence-electron chi connectivity index (χ2n) is 5.31. The number of hydrogen-bond acceptors (Lipinski definition) is 2. The summed E-state index contributed by atoms with van der Waals surface area (Å²) in [6.07, 6.45) is 3.34. The maximum atomic E-state index is 13.1. The summed E-state index contributed by atoms with van der Waals surface area (Å²) in [5.41, 5.74) is 0.917. The van der Waals surface area contributed by atoms with Gasteiger partial charge in [0.1, 0.15) is 0 Å². The lowest BCUT2D eigenvalue weighted by atomic mass is 10.1. The van der Waals surface area contributed by atoms with Gasteiger partial charge in [-0.15, -0.1) is 0 Å². The van der Waals surface area contributed by atoms with Gasteiger partial charge in [0, 0.05) is 18.0 Å². The predicted octanol–water partition coefficient (Wildman–Crippen LogP) is 2.16. The smallest absolute Gasteiger partial charge is 0.159 e. The van der Waals surface area contributed by atoms with Gasteiger partial charge in [0.15, 0.2) is 11.6 Å². The van der Waals surface area contributed by atoms with Crippen molar-refractivity contribution >= 4 is 0 Å². The molecular formula is C14H18F2N2. The zero-order chi connectivity index (χ0) is 12.5. The molecule has 0 unspecified atom stereocenters. The standard InChI is InChI=1S/C14H18F2N2/c15-12-2-1-9(7-13(12)16)11-8-14(11)18-10-3-5-17-6-4-10/h1-2,7,10-11,14,17-18H,3-6,8H2/t11-,14+/m1/s1. The van der Waals surface area contributed by atoms with Crippen molar-refractivity contribution in [1.29, 1.82) is 0 Å². The van der Waals surface area contributed by atoms with Crippen molar-refractivity contribution in [1.82, 2.24) is 10.6 Å². The monoisotopic (exact) mass is 252 g/mol. The fourth-order valence-corrected chi connectivity index (χ4v) is 2.78. The molecule has 4 heteroatoms. The van der Waals surface area contributed by atoms with Crippen LogP contribution < -0.4 is 10.6 Å². The first-order valence-electron chi connectivity index (χ1n) is 6.66. The van der Waals surface area contributed by atoms with Gasteiger partial charge in [-0.2, -0.15) is 0 Å². The van der Waals surface area contributed by atoms with Gasteiger partial charge in [-0.1, -0.05) is 6.07 Å². The zero-order valence-electron chi connectivity index (χ0n) is 10.3. The highest BCUT2D eigenvalue weighted by atomic mass is 19.2. The summed E-state index contributed by atoms with van der Waals surface area (Å²) in [6.45, 7) is 2.14. The van der Waals surface area contributed by atoms with Gasteiger partial charge in [0.25, 0.3) is 0 Å². The molecule has 1 aliphatic heterocycles. The van der Waals surface area contributed by atoms with E-state index in [4.69, 9.17) is 0 Å². The van der Waals surface area contributed by atoms with Crippen LogP contribution in [0.2, 0.25) is 0 Å². The van der Waals surface area contributed by atoms with Crippen LogP contribution in [0.25, 0.3) is 0 Å². The fraction of sp³-hybridized carbons (Fsp3) is 0.571. The molecule has 1 aromatic rings. The van der Waals surface area contributed by atoms with Gasteiger partial charge in [0.05, 0.1) is 0 Å². The van der Waals surface area contributed by atoms with Gasteiger partial charge in [0.2, 0.25) is 0 Å². The number of nitrogens with one attached hydrogen (secondary N) is 2. The van der Waals surface area contributed by atoms with E-state index in [0.29, 0.717) is 18.0 Å². The molecule has 1 saturated heterocycles. The lowest BCUT2D eigenvalue weighted by molar-refractivity contribution is 0.383. The molecule has 1 saturated carbocycles. The molecule has 2 aliphatic rings. The van der Waals surface area contributed by atoms with Crippen LogP contribution in [0.15, 0.2) is 18.2 Å². The van der Waals surface area contributed by atoms with Crippen molar-refractivity contribution in [2.75, 3.05) is 13.1 Å². The maximum Gasteiger partial charge on any atom is 0.159 e. The molecule has 2 atom stereocenters. The van der Waals surface area contributed by atoms with Crippen molar-refractivity contribution in [2.24, 2.45) is 0 Å². The quantitative estimate of drug-likeness (QED) is 0.861. The highest BCUT2D eigenvalue weighted by molar-refractivity contribution is 5.29. The molecule has 1 aliphatic carbocycles. The van der Waals surface area contributed by atoms with Crippen molar-refractivity contribution in [2.45, 2.75) is 37.3 Å². The van der Waals surface area contributed by atoms with E-state index in [9.17, 15) is 8.78 Å². The minimum Gasteiger partial charge on any atom is -0.317 e. The van der Waals surface area contributed by atoms with Crippen LogP contribution >= 0.6 is 0 Å². The largest absolute Gasteiger partial charge is 0.317 e. The second kappa shape index (κ2) is 4.94. The SMILES string of the molecule is Fc1ccc([C@H]2C[C@@H]2NC2CCNCC2)cc1F. The number of benzene rings is 1. The molecule has 2 nitrogen and oxygen atoms in total. The summed E-state index contributed by atoms with van der Waals surface area (Å²) in [6, 6.07) is 5.28. The first-order valence-corrected chi connectivity index (χ1v) is 6.66. The molecule has 18 heavy (non-hydrogen) atoms. The third kappa shape index (κ3) is 2.54. The number of piperidine rings is 1. The number of rotatable bonds is 3. The van der Waals surface area contributed by atoms with Gasteiger partial charge >= 0.3 is 0 Å². The van der Waals surface area contributed by atoms with Gasteiger partial charge in [-0.3, -0.25) is 0 Å². The summed E-state index contributed by atoms with van der Waals surface area (Å²) in [5, 5.41) is 6.95. The summed E-state index contributed by atoms with van der Waals surface area (Å²) >= 11 is 0. The Hall–Kier alpha value is -1.00. The number of halogens is 2.